The zero-order valence-electron chi connectivity index (χ0n) is 17.1. The van der Waals surface area contributed by atoms with Crippen LogP contribution in [0.15, 0.2) is 30.3 Å². The third-order valence-corrected chi connectivity index (χ3v) is 6.17. The van der Waals surface area contributed by atoms with Crippen molar-refractivity contribution in [1.82, 2.24) is 14.5 Å². The van der Waals surface area contributed by atoms with E-state index in [1.54, 1.807) is 0 Å². The summed E-state index contributed by atoms with van der Waals surface area (Å²) in [5, 5.41) is 14.3. The fraction of sp³-hybridized carbons (Fsp3) is 0.478. The Labute approximate surface area is 166 Å². The van der Waals surface area contributed by atoms with E-state index in [0.717, 1.165) is 34.7 Å². The van der Waals surface area contributed by atoms with Gasteiger partial charge in [0.1, 0.15) is 11.5 Å². The molecule has 0 amide bonds. The standard InChI is InChI=1S/C23H30N4O/c1-4-18(14-28)24-22-20-15(2)16(3)27(19-12-8-9-13-19)23(20)26-21(25-22)17-10-6-5-7-11-17/h5-7,10-11,18-19,28H,4,8-9,12-14H2,1-3H3,(H,24,25,26). The molecule has 1 aromatic carbocycles. The molecule has 148 valence electrons. The topological polar surface area (TPSA) is 63.0 Å². The van der Waals surface area contributed by atoms with Crippen molar-refractivity contribution in [3.63, 3.8) is 0 Å². The average molecular weight is 379 g/mol. The zero-order chi connectivity index (χ0) is 19.7. The lowest BCUT2D eigenvalue weighted by atomic mass is 10.1. The van der Waals surface area contributed by atoms with E-state index in [1.807, 2.05) is 18.2 Å². The summed E-state index contributed by atoms with van der Waals surface area (Å²) in [6, 6.07) is 10.7. The number of nitrogens with one attached hydrogen (secondary N) is 1. The van der Waals surface area contributed by atoms with Gasteiger partial charge in [-0.25, -0.2) is 9.97 Å². The first-order valence-corrected chi connectivity index (χ1v) is 10.5. The summed E-state index contributed by atoms with van der Waals surface area (Å²) < 4.78 is 2.44. The van der Waals surface area contributed by atoms with Crippen molar-refractivity contribution in [2.75, 3.05) is 11.9 Å². The van der Waals surface area contributed by atoms with Gasteiger partial charge < -0.3 is 15.0 Å². The summed E-state index contributed by atoms with van der Waals surface area (Å²) in [6.07, 6.45) is 5.83. The Morgan fingerprint density at radius 1 is 1.14 bits per heavy atom. The van der Waals surface area contributed by atoms with Crippen molar-refractivity contribution < 1.29 is 5.11 Å². The molecule has 1 fully saturated rings. The molecule has 1 aliphatic carbocycles. The van der Waals surface area contributed by atoms with Crippen LogP contribution in [0.1, 0.15) is 56.3 Å². The number of benzene rings is 1. The Morgan fingerprint density at radius 3 is 2.50 bits per heavy atom. The smallest absolute Gasteiger partial charge is 0.163 e. The Kier molecular flexibility index (Phi) is 5.36. The maximum atomic E-state index is 9.74. The fourth-order valence-electron chi connectivity index (χ4n) is 4.39. The first-order valence-electron chi connectivity index (χ1n) is 10.5. The van der Waals surface area contributed by atoms with Crippen LogP contribution in [0.4, 0.5) is 5.82 Å². The minimum Gasteiger partial charge on any atom is -0.394 e. The zero-order valence-corrected chi connectivity index (χ0v) is 17.1. The molecule has 1 atom stereocenters. The average Bonchev–Trinajstić information content (AvgIpc) is 3.33. The number of fused-ring (bicyclic) bond motifs is 1. The number of hydrogen-bond donors (Lipinski definition) is 2. The van der Waals surface area contributed by atoms with Crippen LogP contribution in [-0.4, -0.2) is 32.3 Å². The maximum absolute atomic E-state index is 9.74. The second kappa shape index (κ2) is 7.92. The molecule has 0 spiro atoms. The number of aliphatic hydroxyl groups excluding tert-OH is 1. The lowest BCUT2D eigenvalue weighted by Gasteiger charge is -2.18. The minimum absolute atomic E-state index is 0.0174. The molecule has 2 N–H and O–H groups in total. The Balaban J connectivity index is 1.95. The normalized spacial score (nSPS) is 16.0. The summed E-state index contributed by atoms with van der Waals surface area (Å²) in [4.78, 5) is 9.94. The van der Waals surface area contributed by atoms with Crippen LogP contribution in [-0.2, 0) is 0 Å². The third-order valence-electron chi connectivity index (χ3n) is 6.17. The first-order chi connectivity index (χ1) is 13.6. The molecule has 5 heteroatoms. The monoisotopic (exact) mass is 378 g/mol. The second-order valence-electron chi connectivity index (χ2n) is 7.91. The molecule has 28 heavy (non-hydrogen) atoms. The molecule has 3 aromatic rings. The van der Waals surface area contributed by atoms with Gasteiger partial charge in [-0.15, -0.1) is 0 Å². The van der Waals surface area contributed by atoms with E-state index in [-0.39, 0.29) is 12.6 Å². The van der Waals surface area contributed by atoms with E-state index in [1.165, 1.54) is 36.9 Å². The van der Waals surface area contributed by atoms with E-state index < -0.39 is 0 Å². The van der Waals surface area contributed by atoms with E-state index in [9.17, 15) is 5.11 Å². The number of aromatic nitrogens is 3. The van der Waals surface area contributed by atoms with Gasteiger partial charge in [0.25, 0.3) is 0 Å². The molecular formula is C23H30N4O. The number of hydrogen-bond acceptors (Lipinski definition) is 4. The molecule has 4 rings (SSSR count). The van der Waals surface area contributed by atoms with Crippen LogP contribution in [0, 0.1) is 13.8 Å². The van der Waals surface area contributed by atoms with Crippen molar-refractivity contribution in [2.45, 2.75) is 65.0 Å². The Hall–Kier alpha value is -2.40. The van der Waals surface area contributed by atoms with E-state index in [2.05, 4.69) is 42.8 Å². The van der Waals surface area contributed by atoms with Crippen molar-refractivity contribution in [3.05, 3.63) is 41.6 Å². The summed E-state index contributed by atoms with van der Waals surface area (Å²) in [6.45, 7) is 6.53. The van der Waals surface area contributed by atoms with Gasteiger partial charge in [0, 0.05) is 17.3 Å². The predicted octanol–water partition coefficient (Wildman–Crippen LogP) is 5.01. The number of rotatable bonds is 6. The molecule has 5 nitrogen and oxygen atoms in total. The number of nitrogens with zero attached hydrogens (tertiary/aromatic N) is 3. The third kappa shape index (κ3) is 3.28. The summed E-state index contributed by atoms with van der Waals surface area (Å²) in [5.74, 6) is 1.57. The lowest BCUT2D eigenvalue weighted by Crippen LogP contribution is -2.23. The van der Waals surface area contributed by atoms with Gasteiger partial charge in [0.05, 0.1) is 18.0 Å². The number of anilines is 1. The lowest BCUT2D eigenvalue weighted by molar-refractivity contribution is 0.271. The number of aryl methyl sites for hydroxylation is 1. The minimum atomic E-state index is -0.0174. The maximum Gasteiger partial charge on any atom is 0.163 e. The predicted molar refractivity (Wildman–Crippen MR) is 115 cm³/mol. The van der Waals surface area contributed by atoms with Crippen LogP contribution in [0.25, 0.3) is 22.4 Å². The molecule has 0 saturated heterocycles. The van der Waals surface area contributed by atoms with Gasteiger partial charge in [0.15, 0.2) is 5.82 Å². The van der Waals surface area contributed by atoms with Gasteiger partial charge in [-0.3, -0.25) is 0 Å². The molecule has 1 aliphatic rings. The van der Waals surface area contributed by atoms with E-state index in [4.69, 9.17) is 9.97 Å². The van der Waals surface area contributed by atoms with Crippen molar-refractivity contribution in [2.24, 2.45) is 0 Å². The van der Waals surface area contributed by atoms with Crippen molar-refractivity contribution >= 4 is 16.9 Å². The molecule has 2 aromatic heterocycles. The fourth-order valence-corrected chi connectivity index (χ4v) is 4.39. The van der Waals surface area contributed by atoms with Gasteiger partial charge in [-0.1, -0.05) is 50.1 Å². The largest absolute Gasteiger partial charge is 0.394 e. The highest BCUT2D eigenvalue weighted by molar-refractivity contribution is 5.93. The summed E-state index contributed by atoms with van der Waals surface area (Å²) in [7, 11) is 0. The molecular weight excluding hydrogens is 348 g/mol. The van der Waals surface area contributed by atoms with Gasteiger partial charge in [0.2, 0.25) is 0 Å². The first kappa shape index (κ1) is 18.9. The van der Waals surface area contributed by atoms with Crippen molar-refractivity contribution in [1.29, 1.82) is 0 Å². The van der Waals surface area contributed by atoms with E-state index in [0.29, 0.717) is 6.04 Å². The highest BCUT2D eigenvalue weighted by atomic mass is 16.3. The molecule has 0 bridgehead atoms. The Bertz CT molecular complexity index is 954. The highest BCUT2D eigenvalue weighted by Gasteiger charge is 2.26. The quantitative estimate of drug-likeness (QED) is 0.633. The molecule has 2 heterocycles. The van der Waals surface area contributed by atoms with Crippen LogP contribution in [0.2, 0.25) is 0 Å². The van der Waals surface area contributed by atoms with Crippen LogP contribution < -0.4 is 5.32 Å². The van der Waals surface area contributed by atoms with Crippen LogP contribution in [0.5, 0.6) is 0 Å². The van der Waals surface area contributed by atoms with Crippen molar-refractivity contribution in [3.8, 4) is 11.4 Å². The van der Waals surface area contributed by atoms with Crippen LogP contribution >= 0.6 is 0 Å². The number of aliphatic hydroxyl groups is 1. The van der Waals surface area contributed by atoms with Crippen LogP contribution in [0.3, 0.4) is 0 Å². The molecule has 1 saturated carbocycles. The summed E-state index contributed by atoms with van der Waals surface area (Å²) in [5.41, 5.74) is 4.54. The highest BCUT2D eigenvalue weighted by Crippen LogP contribution is 2.38. The molecule has 1 unspecified atom stereocenters. The van der Waals surface area contributed by atoms with E-state index >= 15 is 0 Å². The SMILES string of the molecule is CCC(CO)Nc1nc(-c2ccccc2)nc2c1c(C)c(C)n2C1CCCC1. The molecule has 0 radical (unpaired) electrons. The van der Waals surface area contributed by atoms with Gasteiger partial charge in [-0.2, -0.15) is 0 Å². The molecule has 0 aliphatic heterocycles. The van der Waals surface area contributed by atoms with Gasteiger partial charge >= 0.3 is 0 Å². The van der Waals surface area contributed by atoms with Gasteiger partial charge in [-0.05, 0) is 38.7 Å². The second-order valence-corrected chi connectivity index (χ2v) is 7.91. The Morgan fingerprint density at radius 2 is 1.86 bits per heavy atom. The summed E-state index contributed by atoms with van der Waals surface area (Å²) >= 11 is 0.